The lowest BCUT2D eigenvalue weighted by Crippen LogP contribution is -2.43. The quantitative estimate of drug-likeness (QED) is 0.783. The molecular formula is C15H23ClN2O3S. The normalized spacial score (nSPS) is 13.1. The number of sulfonamides is 1. The standard InChI is InChI=1S/C15H23ClN2O3S/c1-4-12(2)17-15(19)11-18(22(3,20)21)9-8-13-6-5-7-14(16)10-13/h5-7,10,12H,4,8-9,11H2,1-3H3,(H,17,19). The molecule has 1 aromatic carbocycles. The fourth-order valence-corrected chi connectivity index (χ4v) is 2.88. The summed E-state index contributed by atoms with van der Waals surface area (Å²) in [6.07, 6.45) is 2.42. The minimum absolute atomic E-state index is 0.0295. The number of carbonyl (C=O) groups excluding carboxylic acids is 1. The molecule has 0 aliphatic carbocycles. The van der Waals surface area contributed by atoms with E-state index in [-0.39, 0.29) is 25.0 Å². The number of benzene rings is 1. The van der Waals surface area contributed by atoms with Crippen molar-refractivity contribution < 1.29 is 13.2 Å². The van der Waals surface area contributed by atoms with Crippen LogP contribution in [0, 0.1) is 0 Å². The largest absolute Gasteiger partial charge is 0.353 e. The average Bonchev–Trinajstić information content (AvgIpc) is 2.42. The zero-order chi connectivity index (χ0) is 16.8. The Morgan fingerprint density at radius 1 is 1.41 bits per heavy atom. The molecule has 0 aromatic heterocycles. The third-order valence-electron chi connectivity index (χ3n) is 3.35. The number of carbonyl (C=O) groups is 1. The highest BCUT2D eigenvalue weighted by Gasteiger charge is 2.20. The van der Waals surface area contributed by atoms with E-state index in [9.17, 15) is 13.2 Å². The van der Waals surface area contributed by atoms with Crippen molar-refractivity contribution >= 4 is 27.5 Å². The number of halogens is 1. The molecule has 0 heterocycles. The van der Waals surface area contributed by atoms with Crippen LogP contribution in [0.3, 0.4) is 0 Å². The Hall–Kier alpha value is -1.11. The van der Waals surface area contributed by atoms with Crippen molar-refractivity contribution in [2.24, 2.45) is 0 Å². The topological polar surface area (TPSA) is 66.5 Å². The molecule has 1 amide bonds. The van der Waals surface area contributed by atoms with Gasteiger partial charge in [-0.2, -0.15) is 4.31 Å². The van der Waals surface area contributed by atoms with E-state index in [2.05, 4.69) is 5.32 Å². The Kier molecular flexibility index (Phi) is 7.32. The lowest BCUT2D eigenvalue weighted by Gasteiger charge is -2.21. The maximum atomic E-state index is 11.9. The summed E-state index contributed by atoms with van der Waals surface area (Å²) in [6.45, 7) is 3.92. The van der Waals surface area contributed by atoms with Crippen molar-refractivity contribution in [2.75, 3.05) is 19.3 Å². The van der Waals surface area contributed by atoms with Crippen LogP contribution in [0.2, 0.25) is 5.02 Å². The van der Waals surface area contributed by atoms with Gasteiger partial charge in [-0.3, -0.25) is 4.79 Å². The number of hydrogen-bond donors (Lipinski definition) is 1. The minimum atomic E-state index is -3.44. The van der Waals surface area contributed by atoms with E-state index in [0.717, 1.165) is 18.2 Å². The molecule has 0 radical (unpaired) electrons. The summed E-state index contributed by atoms with van der Waals surface area (Å²) in [5.41, 5.74) is 0.934. The first-order valence-corrected chi connectivity index (χ1v) is 9.44. The van der Waals surface area contributed by atoms with E-state index >= 15 is 0 Å². The predicted octanol–water partition coefficient (Wildman–Crippen LogP) is 2.06. The second-order valence-corrected chi connectivity index (χ2v) is 7.77. The van der Waals surface area contributed by atoms with Gasteiger partial charge in [-0.1, -0.05) is 30.7 Å². The molecule has 22 heavy (non-hydrogen) atoms. The van der Waals surface area contributed by atoms with E-state index < -0.39 is 10.0 Å². The first kappa shape index (κ1) is 18.9. The predicted molar refractivity (Wildman–Crippen MR) is 89.5 cm³/mol. The molecule has 0 bridgehead atoms. The van der Waals surface area contributed by atoms with Gasteiger partial charge in [0, 0.05) is 17.6 Å². The summed E-state index contributed by atoms with van der Waals surface area (Å²) in [4.78, 5) is 11.9. The van der Waals surface area contributed by atoms with Gasteiger partial charge in [0.25, 0.3) is 0 Å². The highest BCUT2D eigenvalue weighted by Crippen LogP contribution is 2.12. The molecule has 124 valence electrons. The Bertz CT molecular complexity index is 605. The SMILES string of the molecule is CCC(C)NC(=O)CN(CCc1cccc(Cl)c1)S(C)(=O)=O. The van der Waals surface area contributed by atoms with Gasteiger partial charge in [0.15, 0.2) is 0 Å². The van der Waals surface area contributed by atoms with Crippen LogP contribution in [0.1, 0.15) is 25.8 Å². The monoisotopic (exact) mass is 346 g/mol. The number of nitrogens with zero attached hydrogens (tertiary/aromatic N) is 1. The van der Waals surface area contributed by atoms with Gasteiger partial charge in [-0.05, 0) is 37.5 Å². The molecular weight excluding hydrogens is 324 g/mol. The second-order valence-electron chi connectivity index (χ2n) is 5.35. The van der Waals surface area contributed by atoms with Crippen molar-refractivity contribution in [3.05, 3.63) is 34.9 Å². The summed E-state index contributed by atoms with van der Waals surface area (Å²) in [7, 11) is -3.44. The fourth-order valence-electron chi connectivity index (χ4n) is 1.89. The highest BCUT2D eigenvalue weighted by atomic mass is 35.5. The van der Waals surface area contributed by atoms with Gasteiger partial charge in [0.1, 0.15) is 0 Å². The first-order chi connectivity index (χ1) is 10.2. The fraction of sp³-hybridized carbons (Fsp3) is 0.533. The van der Waals surface area contributed by atoms with E-state index in [1.165, 1.54) is 4.31 Å². The molecule has 0 aliphatic heterocycles. The summed E-state index contributed by atoms with van der Waals surface area (Å²) < 4.78 is 24.8. The van der Waals surface area contributed by atoms with Crippen LogP contribution in [0.25, 0.3) is 0 Å². The van der Waals surface area contributed by atoms with Crippen LogP contribution < -0.4 is 5.32 Å². The summed E-state index contributed by atoms with van der Waals surface area (Å²) in [5.74, 6) is -0.286. The van der Waals surface area contributed by atoms with Crippen molar-refractivity contribution in [3.8, 4) is 0 Å². The molecule has 0 fully saturated rings. The first-order valence-electron chi connectivity index (χ1n) is 7.21. The van der Waals surface area contributed by atoms with Crippen LogP contribution in [0.5, 0.6) is 0 Å². The molecule has 1 unspecified atom stereocenters. The van der Waals surface area contributed by atoms with Crippen LogP contribution in [0.15, 0.2) is 24.3 Å². The Morgan fingerprint density at radius 3 is 2.64 bits per heavy atom. The zero-order valence-electron chi connectivity index (χ0n) is 13.2. The van der Waals surface area contributed by atoms with Gasteiger partial charge in [0.2, 0.25) is 15.9 Å². The van der Waals surface area contributed by atoms with Crippen LogP contribution in [-0.4, -0.2) is 44.0 Å². The number of amides is 1. The molecule has 7 heteroatoms. The molecule has 0 spiro atoms. The van der Waals surface area contributed by atoms with Crippen molar-refractivity contribution in [3.63, 3.8) is 0 Å². The van der Waals surface area contributed by atoms with Crippen LogP contribution >= 0.6 is 11.6 Å². The maximum Gasteiger partial charge on any atom is 0.235 e. The summed E-state index contributed by atoms with van der Waals surface area (Å²) in [5, 5.41) is 3.38. The summed E-state index contributed by atoms with van der Waals surface area (Å²) >= 11 is 5.91. The van der Waals surface area contributed by atoms with E-state index in [1.807, 2.05) is 26.0 Å². The molecule has 1 atom stereocenters. The molecule has 0 aliphatic rings. The van der Waals surface area contributed by atoms with Gasteiger partial charge in [-0.25, -0.2) is 8.42 Å². The highest BCUT2D eigenvalue weighted by molar-refractivity contribution is 7.88. The zero-order valence-corrected chi connectivity index (χ0v) is 14.7. The van der Waals surface area contributed by atoms with Crippen LogP contribution in [0.4, 0.5) is 0 Å². The van der Waals surface area contributed by atoms with E-state index in [1.54, 1.807) is 12.1 Å². The van der Waals surface area contributed by atoms with Gasteiger partial charge < -0.3 is 5.32 Å². The summed E-state index contributed by atoms with van der Waals surface area (Å²) in [6, 6.07) is 7.28. The molecule has 0 saturated heterocycles. The number of hydrogen-bond acceptors (Lipinski definition) is 3. The second kappa shape index (κ2) is 8.50. The molecule has 5 nitrogen and oxygen atoms in total. The Labute approximate surface area is 137 Å². The van der Waals surface area contributed by atoms with Crippen molar-refractivity contribution in [1.82, 2.24) is 9.62 Å². The Balaban J connectivity index is 2.68. The maximum absolute atomic E-state index is 11.9. The van der Waals surface area contributed by atoms with E-state index in [0.29, 0.717) is 11.4 Å². The smallest absolute Gasteiger partial charge is 0.235 e. The minimum Gasteiger partial charge on any atom is -0.353 e. The lowest BCUT2D eigenvalue weighted by atomic mass is 10.1. The molecule has 1 rings (SSSR count). The van der Waals surface area contributed by atoms with Crippen LogP contribution in [-0.2, 0) is 21.2 Å². The van der Waals surface area contributed by atoms with E-state index in [4.69, 9.17) is 11.6 Å². The van der Waals surface area contributed by atoms with Crippen molar-refractivity contribution in [1.29, 1.82) is 0 Å². The lowest BCUT2D eigenvalue weighted by molar-refractivity contribution is -0.121. The van der Waals surface area contributed by atoms with Crippen molar-refractivity contribution in [2.45, 2.75) is 32.7 Å². The third kappa shape index (κ3) is 6.77. The number of rotatable bonds is 8. The molecule has 0 saturated carbocycles. The molecule has 1 aromatic rings. The molecule has 1 N–H and O–H groups in total. The van der Waals surface area contributed by atoms with Gasteiger partial charge in [-0.15, -0.1) is 0 Å². The average molecular weight is 347 g/mol. The number of nitrogens with one attached hydrogen (secondary N) is 1. The van der Waals surface area contributed by atoms with Gasteiger partial charge in [0.05, 0.1) is 12.8 Å². The van der Waals surface area contributed by atoms with Gasteiger partial charge >= 0.3 is 0 Å². The third-order valence-corrected chi connectivity index (χ3v) is 4.83. The Morgan fingerprint density at radius 2 is 2.09 bits per heavy atom.